The molecule has 0 saturated carbocycles. The molecule has 42 heavy (non-hydrogen) atoms. The number of esters is 1. The molecule has 2 atom stereocenters. The number of benzene rings is 1. The fraction of sp³-hybridized carbons (Fsp3) is 0.536. The van der Waals surface area contributed by atoms with Gasteiger partial charge in [-0.15, -0.1) is 0 Å². The van der Waals surface area contributed by atoms with E-state index in [4.69, 9.17) is 9.47 Å². The summed E-state index contributed by atoms with van der Waals surface area (Å²) in [5, 5.41) is 24.5. The predicted molar refractivity (Wildman–Crippen MR) is 149 cm³/mol. The Balaban J connectivity index is 1.84. The maximum absolute atomic E-state index is 15.1. The van der Waals surface area contributed by atoms with E-state index in [1.807, 2.05) is 13.0 Å². The summed E-state index contributed by atoms with van der Waals surface area (Å²) >= 11 is 0. The van der Waals surface area contributed by atoms with Gasteiger partial charge in [-0.05, 0) is 37.5 Å². The lowest BCUT2D eigenvalue weighted by Crippen LogP contribution is -2.47. The number of aromatic nitrogens is 2. The summed E-state index contributed by atoms with van der Waals surface area (Å²) in [6, 6.07) is 10.0. The van der Waals surface area contributed by atoms with Crippen molar-refractivity contribution in [1.82, 2.24) is 9.55 Å². The third-order valence-corrected chi connectivity index (χ3v) is 6.09. The molecule has 1 heterocycles. The van der Waals surface area contributed by atoms with Gasteiger partial charge in [-0.3, -0.25) is 19.5 Å². The summed E-state index contributed by atoms with van der Waals surface area (Å²) in [6.07, 6.45) is -2.23. The highest BCUT2D eigenvalue weighted by Crippen LogP contribution is 2.33. The van der Waals surface area contributed by atoms with Crippen LogP contribution in [0.15, 0.2) is 47.4 Å². The standard InChI is InChI=1S/C28H38F2N4O8/c1-2-3-19-41-27(40)33-22-15-17-34(26(39)32-22)25(38)28(29,30)21(16-18-35)42-24(37)14-10-5-4-9-13-23(36)31-20-11-7-6-8-12-20/h6-8,11-12,15,17,21,25,35,38H,2-5,9-10,13-14,16,18-19H2,1H3,(H,31,36)(H,32,33,39,40)/t21-,25-/m1/s1. The molecule has 0 fully saturated rings. The number of anilines is 2. The number of ether oxygens (including phenoxy) is 2. The van der Waals surface area contributed by atoms with Gasteiger partial charge in [-0.2, -0.15) is 13.8 Å². The number of nitrogens with one attached hydrogen (secondary N) is 2. The van der Waals surface area contributed by atoms with Crippen LogP contribution in [-0.2, 0) is 19.1 Å². The van der Waals surface area contributed by atoms with Crippen molar-refractivity contribution in [3.63, 3.8) is 0 Å². The number of carbonyl (C=O) groups excluding carboxylic acids is 3. The summed E-state index contributed by atoms with van der Waals surface area (Å²) in [7, 11) is 0. The van der Waals surface area contributed by atoms with E-state index in [2.05, 4.69) is 15.6 Å². The molecule has 1 aromatic carbocycles. The first-order valence-electron chi connectivity index (χ1n) is 13.8. The number of aliphatic hydroxyl groups is 2. The van der Waals surface area contributed by atoms with Crippen LogP contribution in [-0.4, -0.2) is 63.0 Å². The van der Waals surface area contributed by atoms with Crippen molar-refractivity contribution in [3.8, 4) is 0 Å². The first-order chi connectivity index (χ1) is 20.1. The number of alkyl halides is 2. The van der Waals surface area contributed by atoms with Crippen LogP contribution in [0.3, 0.4) is 0 Å². The van der Waals surface area contributed by atoms with Crippen molar-refractivity contribution in [2.75, 3.05) is 23.8 Å². The zero-order chi connectivity index (χ0) is 31.0. The summed E-state index contributed by atoms with van der Waals surface area (Å²) in [6.45, 7) is 1.26. The fourth-order valence-corrected chi connectivity index (χ4v) is 3.79. The van der Waals surface area contributed by atoms with Crippen molar-refractivity contribution in [2.45, 2.75) is 83.0 Å². The molecule has 12 nitrogen and oxygen atoms in total. The SMILES string of the molecule is CCCCOC(=O)Nc1ccn([C@H](O)C(F)(F)[C@@H](CCO)OC(=O)CCCCCCC(=O)Nc2ccccc2)c(=O)n1. The van der Waals surface area contributed by atoms with Crippen LogP contribution in [0.5, 0.6) is 0 Å². The molecule has 0 saturated heterocycles. The molecule has 0 aliphatic rings. The third-order valence-electron chi connectivity index (χ3n) is 6.09. The van der Waals surface area contributed by atoms with Gasteiger partial charge in [0, 0.05) is 37.8 Å². The number of amides is 2. The topological polar surface area (TPSA) is 169 Å². The third kappa shape index (κ3) is 11.5. The highest BCUT2D eigenvalue weighted by Gasteiger charge is 2.50. The van der Waals surface area contributed by atoms with E-state index < -0.39 is 49.0 Å². The highest BCUT2D eigenvalue weighted by atomic mass is 19.3. The van der Waals surface area contributed by atoms with Crippen LogP contribution in [0, 0.1) is 0 Å². The van der Waals surface area contributed by atoms with Gasteiger partial charge in [0.15, 0.2) is 6.10 Å². The number of para-hydroxylation sites is 1. The second-order valence-electron chi connectivity index (χ2n) is 9.48. The zero-order valence-electron chi connectivity index (χ0n) is 23.5. The molecule has 2 aromatic rings. The van der Waals surface area contributed by atoms with Crippen molar-refractivity contribution >= 4 is 29.5 Å². The molecule has 0 radical (unpaired) electrons. The molecule has 2 amide bonds. The molecular formula is C28H38F2N4O8. The zero-order valence-corrected chi connectivity index (χ0v) is 23.5. The van der Waals surface area contributed by atoms with Gasteiger partial charge in [0.25, 0.3) is 0 Å². The van der Waals surface area contributed by atoms with Crippen molar-refractivity contribution < 1.29 is 42.9 Å². The number of hydrogen-bond donors (Lipinski definition) is 4. The molecule has 0 spiro atoms. The summed E-state index contributed by atoms with van der Waals surface area (Å²) in [5.41, 5.74) is -0.612. The fourth-order valence-electron chi connectivity index (χ4n) is 3.79. The van der Waals surface area contributed by atoms with Crippen LogP contribution in [0.2, 0.25) is 0 Å². The molecule has 0 aliphatic carbocycles. The Bertz CT molecular complexity index is 1200. The lowest BCUT2D eigenvalue weighted by Gasteiger charge is -2.30. The van der Waals surface area contributed by atoms with Gasteiger partial charge >= 0.3 is 23.7 Å². The number of carbonyl (C=O) groups is 3. The minimum atomic E-state index is -4.18. The Hall–Kier alpha value is -3.91. The number of unbranched alkanes of at least 4 members (excludes halogenated alkanes) is 4. The lowest BCUT2D eigenvalue weighted by atomic mass is 10.1. The first kappa shape index (κ1) is 34.3. The van der Waals surface area contributed by atoms with E-state index in [9.17, 15) is 29.4 Å². The number of rotatable bonds is 18. The van der Waals surface area contributed by atoms with Gasteiger partial charge in [0.1, 0.15) is 5.82 Å². The maximum Gasteiger partial charge on any atom is 0.412 e. The number of nitrogens with zero attached hydrogens (tertiary/aromatic N) is 2. The van der Waals surface area contributed by atoms with E-state index in [0.29, 0.717) is 37.8 Å². The lowest BCUT2D eigenvalue weighted by molar-refractivity contribution is -0.222. The monoisotopic (exact) mass is 596 g/mol. The Morgan fingerprint density at radius 3 is 2.36 bits per heavy atom. The maximum atomic E-state index is 15.1. The van der Waals surface area contributed by atoms with Gasteiger partial charge < -0.3 is 25.0 Å². The van der Waals surface area contributed by atoms with E-state index in [1.165, 1.54) is 0 Å². The second kappa shape index (κ2) is 17.8. The molecule has 14 heteroatoms. The van der Waals surface area contributed by atoms with Crippen molar-refractivity contribution in [3.05, 3.63) is 53.1 Å². The minimum absolute atomic E-state index is 0.140. The summed E-state index contributed by atoms with van der Waals surface area (Å²) in [5.74, 6) is -5.56. The van der Waals surface area contributed by atoms with Crippen LogP contribution >= 0.6 is 0 Å². The summed E-state index contributed by atoms with van der Waals surface area (Å²) < 4.78 is 40.3. The number of hydrogen-bond acceptors (Lipinski definition) is 9. The first-order valence-corrected chi connectivity index (χ1v) is 13.8. The van der Waals surface area contributed by atoms with Gasteiger partial charge in [0.05, 0.1) is 6.61 Å². The van der Waals surface area contributed by atoms with Crippen molar-refractivity contribution in [1.29, 1.82) is 0 Å². The Morgan fingerprint density at radius 1 is 1.02 bits per heavy atom. The highest BCUT2D eigenvalue weighted by molar-refractivity contribution is 5.90. The number of aliphatic hydroxyl groups excluding tert-OH is 2. The number of halogens is 2. The van der Waals surface area contributed by atoms with Crippen LogP contribution < -0.4 is 16.3 Å². The van der Waals surface area contributed by atoms with E-state index in [0.717, 1.165) is 18.7 Å². The molecule has 0 unspecified atom stereocenters. The average Bonchev–Trinajstić information content (AvgIpc) is 2.95. The Kier molecular flexibility index (Phi) is 14.5. The molecule has 4 N–H and O–H groups in total. The largest absolute Gasteiger partial charge is 0.456 e. The smallest absolute Gasteiger partial charge is 0.412 e. The average molecular weight is 597 g/mol. The molecule has 1 aromatic heterocycles. The van der Waals surface area contributed by atoms with E-state index >= 15 is 8.78 Å². The minimum Gasteiger partial charge on any atom is -0.456 e. The van der Waals surface area contributed by atoms with E-state index in [-0.39, 0.29) is 35.7 Å². The molecular weight excluding hydrogens is 558 g/mol. The molecule has 0 bridgehead atoms. The Labute approximate surface area is 242 Å². The predicted octanol–water partition coefficient (Wildman–Crippen LogP) is 3.99. The molecule has 2 rings (SSSR count). The van der Waals surface area contributed by atoms with Gasteiger partial charge in [-0.1, -0.05) is 44.4 Å². The van der Waals surface area contributed by atoms with Gasteiger partial charge in [0.2, 0.25) is 12.1 Å². The van der Waals surface area contributed by atoms with Crippen LogP contribution in [0.4, 0.5) is 25.1 Å². The van der Waals surface area contributed by atoms with Crippen molar-refractivity contribution in [2.24, 2.45) is 0 Å². The summed E-state index contributed by atoms with van der Waals surface area (Å²) in [4.78, 5) is 51.7. The second-order valence-corrected chi connectivity index (χ2v) is 9.48. The van der Waals surface area contributed by atoms with Crippen LogP contribution in [0.25, 0.3) is 0 Å². The van der Waals surface area contributed by atoms with Crippen LogP contribution in [0.1, 0.15) is 70.9 Å². The molecule has 232 valence electrons. The normalized spacial score (nSPS) is 12.7. The van der Waals surface area contributed by atoms with Gasteiger partial charge in [-0.25, -0.2) is 9.59 Å². The Morgan fingerprint density at radius 2 is 1.71 bits per heavy atom. The van der Waals surface area contributed by atoms with E-state index in [1.54, 1.807) is 24.3 Å². The molecule has 0 aliphatic heterocycles. The quantitative estimate of drug-likeness (QED) is 0.147.